The number of pyridine rings is 1. The number of benzene rings is 6. The van der Waals surface area contributed by atoms with Crippen LogP contribution in [0.25, 0.3) is 78.1 Å². The molecule has 2 aromatic heterocycles. The first-order valence-electron chi connectivity index (χ1n) is 14.7. The van der Waals surface area contributed by atoms with Gasteiger partial charge in [0.25, 0.3) is 0 Å². The largest absolute Gasteiger partial charge is 0.256 e. The van der Waals surface area contributed by atoms with E-state index >= 15 is 0 Å². The van der Waals surface area contributed by atoms with E-state index in [0.717, 1.165) is 38.7 Å². The van der Waals surface area contributed by atoms with Crippen LogP contribution in [0, 0.1) is 0 Å². The van der Waals surface area contributed by atoms with Crippen LogP contribution >= 0.6 is 0 Å². The topological polar surface area (TPSA) is 51.6 Å². The summed E-state index contributed by atoms with van der Waals surface area (Å²) in [6, 6.07) is 52.2. The Kier molecular flexibility index (Phi) is 6.43. The molecule has 0 spiro atoms. The zero-order valence-electron chi connectivity index (χ0n) is 23.8. The van der Waals surface area contributed by atoms with Crippen LogP contribution in [0.1, 0.15) is 0 Å². The van der Waals surface area contributed by atoms with Gasteiger partial charge in [0.2, 0.25) is 0 Å². The summed E-state index contributed by atoms with van der Waals surface area (Å²) >= 11 is 0. The Bertz CT molecular complexity index is 2200. The Morgan fingerprint density at radius 3 is 1.59 bits per heavy atom. The van der Waals surface area contributed by atoms with Gasteiger partial charge >= 0.3 is 0 Å². The molecule has 0 radical (unpaired) electrons. The van der Waals surface area contributed by atoms with Crippen molar-refractivity contribution < 1.29 is 0 Å². The predicted molar refractivity (Wildman–Crippen MR) is 180 cm³/mol. The van der Waals surface area contributed by atoms with Crippen molar-refractivity contribution in [3.05, 3.63) is 158 Å². The molecule has 44 heavy (non-hydrogen) atoms. The van der Waals surface area contributed by atoms with Crippen molar-refractivity contribution in [2.45, 2.75) is 0 Å². The minimum absolute atomic E-state index is 0.641. The SMILES string of the molecule is c1ccc(-c2nc(-c3ccccc3)nc(-c3ccc(-c4c(-c5cccc6ncccc56)ccc5ccccc45)cc3)n2)cc1. The smallest absolute Gasteiger partial charge is 0.164 e. The van der Waals surface area contributed by atoms with Crippen molar-refractivity contribution in [1.29, 1.82) is 0 Å². The highest BCUT2D eigenvalue weighted by atomic mass is 15.0. The number of hydrogen-bond donors (Lipinski definition) is 0. The maximum Gasteiger partial charge on any atom is 0.164 e. The Morgan fingerprint density at radius 1 is 0.341 bits per heavy atom. The van der Waals surface area contributed by atoms with E-state index in [0.29, 0.717) is 17.5 Å². The molecule has 8 rings (SSSR count). The first-order chi connectivity index (χ1) is 21.8. The number of rotatable bonds is 5. The molecule has 0 saturated carbocycles. The van der Waals surface area contributed by atoms with Crippen LogP contribution < -0.4 is 0 Å². The molecule has 4 heteroatoms. The van der Waals surface area contributed by atoms with Crippen LogP contribution in [0.5, 0.6) is 0 Å². The minimum atomic E-state index is 0.641. The third kappa shape index (κ3) is 4.69. The fourth-order valence-electron chi connectivity index (χ4n) is 5.87. The van der Waals surface area contributed by atoms with Crippen LogP contribution in [0.15, 0.2) is 158 Å². The second-order valence-corrected chi connectivity index (χ2v) is 10.7. The average Bonchev–Trinajstić information content (AvgIpc) is 3.11. The zero-order valence-corrected chi connectivity index (χ0v) is 23.8. The predicted octanol–water partition coefficient (Wildman–Crippen LogP) is 9.91. The maximum atomic E-state index is 4.92. The minimum Gasteiger partial charge on any atom is -0.256 e. The fourth-order valence-corrected chi connectivity index (χ4v) is 5.87. The van der Waals surface area contributed by atoms with E-state index in [2.05, 4.69) is 89.9 Å². The summed E-state index contributed by atoms with van der Waals surface area (Å²) in [6.07, 6.45) is 1.85. The zero-order chi connectivity index (χ0) is 29.3. The monoisotopic (exact) mass is 562 g/mol. The van der Waals surface area contributed by atoms with Crippen LogP contribution in [-0.2, 0) is 0 Å². The number of hydrogen-bond acceptors (Lipinski definition) is 4. The molecule has 0 unspecified atom stereocenters. The maximum absolute atomic E-state index is 4.92. The van der Waals surface area contributed by atoms with Crippen molar-refractivity contribution in [2.75, 3.05) is 0 Å². The quantitative estimate of drug-likeness (QED) is 0.209. The molecule has 0 atom stereocenters. The van der Waals surface area contributed by atoms with Gasteiger partial charge < -0.3 is 0 Å². The van der Waals surface area contributed by atoms with E-state index in [-0.39, 0.29) is 0 Å². The lowest BCUT2D eigenvalue weighted by Crippen LogP contribution is -2.00. The molecule has 0 aliphatic carbocycles. The molecule has 2 heterocycles. The van der Waals surface area contributed by atoms with E-state index in [1.807, 2.05) is 72.9 Å². The Labute approximate surface area is 255 Å². The Morgan fingerprint density at radius 2 is 0.909 bits per heavy atom. The molecule has 8 aromatic rings. The molecule has 0 fully saturated rings. The Hall–Kier alpha value is -6.00. The van der Waals surface area contributed by atoms with Gasteiger partial charge in [0, 0.05) is 28.3 Å². The second-order valence-electron chi connectivity index (χ2n) is 10.7. The first-order valence-corrected chi connectivity index (χ1v) is 14.7. The summed E-state index contributed by atoms with van der Waals surface area (Å²) in [6.45, 7) is 0. The molecule has 0 aliphatic heterocycles. The lowest BCUT2D eigenvalue weighted by Gasteiger charge is -2.16. The first kappa shape index (κ1) is 25.7. The van der Waals surface area contributed by atoms with E-state index in [1.165, 1.54) is 21.9 Å². The van der Waals surface area contributed by atoms with Gasteiger partial charge in [-0.25, -0.2) is 15.0 Å². The van der Waals surface area contributed by atoms with Gasteiger partial charge in [0.15, 0.2) is 17.5 Å². The van der Waals surface area contributed by atoms with Crippen LogP contribution in [0.4, 0.5) is 0 Å². The molecule has 4 nitrogen and oxygen atoms in total. The molecular weight excluding hydrogens is 536 g/mol. The highest BCUT2D eigenvalue weighted by Gasteiger charge is 2.16. The number of aromatic nitrogens is 4. The third-order valence-corrected chi connectivity index (χ3v) is 8.00. The van der Waals surface area contributed by atoms with Gasteiger partial charge in [0.1, 0.15) is 0 Å². The summed E-state index contributed by atoms with van der Waals surface area (Å²) in [5.41, 5.74) is 8.48. The van der Waals surface area contributed by atoms with Gasteiger partial charge in [-0.1, -0.05) is 140 Å². The van der Waals surface area contributed by atoms with Gasteiger partial charge in [-0.05, 0) is 45.2 Å². The average molecular weight is 563 g/mol. The van der Waals surface area contributed by atoms with Gasteiger partial charge in [-0.3, -0.25) is 4.98 Å². The van der Waals surface area contributed by atoms with E-state index in [1.54, 1.807) is 0 Å². The van der Waals surface area contributed by atoms with Gasteiger partial charge in [-0.2, -0.15) is 0 Å². The van der Waals surface area contributed by atoms with E-state index < -0.39 is 0 Å². The van der Waals surface area contributed by atoms with Crippen molar-refractivity contribution in [1.82, 2.24) is 19.9 Å². The number of nitrogens with zero attached hydrogens (tertiary/aromatic N) is 4. The van der Waals surface area contributed by atoms with Crippen molar-refractivity contribution in [3.8, 4) is 56.4 Å². The molecule has 0 amide bonds. The number of fused-ring (bicyclic) bond motifs is 2. The molecule has 6 aromatic carbocycles. The summed E-state index contributed by atoms with van der Waals surface area (Å²) in [7, 11) is 0. The molecule has 0 N–H and O–H groups in total. The summed E-state index contributed by atoms with van der Waals surface area (Å²) in [5, 5.41) is 3.54. The van der Waals surface area contributed by atoms with E-state index in [4.69, 9.17) is 15.0 Å². The van der Waals surface area contributed by atoms with Crippen molar-refractivity contribution in [3.63, 3.8) is 0 Å². The van der Waals surface area contributed by atoms with Gasteiger partial charge in [0.05, 0.1) is 5.52 Å². The van der Waals surface area contributed by atoms with Crippen LogP contribution in [-0.4, -0.2) is 19.9 Å². The van der Waals surface area contributed by atoms with Crippen LogP contribution in [0.2, 0.25) is 0 Å². The molecule has 0 bridgehead atoms. The van der Waals surface area contributed by atoms with Crippen molar-refractivity contribution >= 4 is 21.7 Å². The van der Waals surface area contributed by atoms with Crippen LogP contribution in [0.3, 0.4) is 0 Å². The molecular formula is C40H26N4. The second kappa shape index (κ2) is 11.0. The summed E-state index contributed by atoms with van der Waals surface area (Å²) < 4.78 is 0. The third-order valence-electron chi connectivity index (χ3n) is 8.00. The summed E-state index contributed by atoms with van der Waals surface area (Å²) in [5.74, 6) is 1.95. The lowest BCUT2D eigenvalue weighted by atomic mass is 9.88. The summed E-state index contributed by atoms with van der Waals surface area (Å²) in [4.78, 5) is 19.3. The normalized spacial score (nSPS) is 11.2. The molecule has 0 saturated heterocycles. The van der Waals surface area contributed by atoms with Crippen molar-refractivity contribution in [2.24, 2.45) is 0 Å². The standard InChI is InChI=1S/C40H26N4/c1-3-12-29(13-4-1)38-42-39(30-14-5-2-6-15-30)44-40(43-38)31-22-20-28(21-23-31)37-32-16-8-7-11-27(32)24-25-35(37)33-17-9-19-36-34(33)18-10-26-41-36/h1-26H. The van der Waals surface area contributed by atoms with Gasteiger partial charge in [-0.15, -0.1) is 0 Å². The lowest BCUT2D eigenvalue weighted by molar-refractivity contribution is 1.07. The fraction of sp³-hybridized carbons (Fsp3) is 0. The highest BCUT2D eigenvalue weighted by Crippen LogP contribution is 2.41. The Balaban J connectivity index is 1.29. The highest BCUT2D eigenvalue weighted by molar-refractivity contribution is 6.08. The molecule has 0 aliphatic rings. The van der Waals surface area contributed by atoms with E-state index in [9.17, 15) is 0 Å². The molecule has 206 valence electrons.